The molecule has 0 radical (unpaired) electrons. The van der Waals surface area contributed by atoms with E-state index >= 15 is 0 Å². The van der Waals surface area contributed by atoms with E-state index < -0.39 is 32.5 Å². The van der Waals surface area contributed by atoms with Crippen molar-refractivity contribution in [2.45, 2.75) is 31.1 Å². The molecule has 0 spiro atoms. The average molecular weight is 517 g/mol. The van der Waals surface area contributed by atoms with E-state index in [0.717, 1.165) is 16.1 Å². The van der Waals surface area contributed by atoms with E-state index in [4.69, 9.17) is 0 Å². The van der Waals surface area contributed by atoms with Crippen molar-refractivity contribution in [3.63, 3.8) is 0 Å². The van der Waals surface area contributed by atoms with Crippen LogP contribution in [-0.4, -0.2) is 40.5 Å². The first-order chi connectivity index (χ1) is 16.3. The maximum atomic E-state index is 12.6. The maximum Gasteiger partial charge on any atom is 0.261 e. The number of sulfonamides is 2. The molecule has 0 saturated carbocycles. The Labute approximate surface area is 206 Å². The van der Waals surface area contributed by atoms with Gasteiger partial charge in [0.15, 0.2) is 0 Å². The lowest BCUT2D eigenvalue weighted by Gasteiger charge is -2.24. The van der Waals surface area contributed by atoms with Crippen LogP contribution < -0.4 is 14.3 Å². The Morgan fingerprint density at radius 3 is 2.06 bits per heavy atom. The van der Waals surface area contributed by atoms with Gasteiger partial charge in [-0.25, -0.2) is 16.8 Å². The Hall–Kier alpha value is -3.44. The molecule has 2 aromatic carbocycles. The van der Waals surface area contributed by atoms with Gasteiger partial charge in [-0.2, -0.15) is 0 Å². The fraction of sp³-hybridized carbons (Fsp3) is 0.250. The lowest BCUT2D eigenvalue weighted by molar-refractivity contribution is -0.114. The number of pyridine rings is 1. The Morgan fingerprint density at radius 2 is 1.54 bits per heavy atom. The molecule has 0 aliphatic rings. The van der Waals surface area contributed by atoms with Crippen molar-refractivity contribution in [1.29, 1.82) is 0 Å². The van der Waals surface area contributed by atoms with E-state index in [1.165, 1.54) is 36.7 Å². The maximum absolute atomic E-state index is 12.6. The van der Waals surface area contributed by atoms with Crippen LogP contribution in [0.3, 0.4) is 0 Å². The second-order valence-electron chi connectivity index (χ2n) is 8.99. The van der Waals surface area contributed by atoms with Crippen LogP contribution in [0.4, 0.5) is 17.1 Å². The van der Waals surface area contributed by atoms with Gasteiger partial charge in [0.25, 0.3) is 10.0 Å². The van der Waals surface area contributed by atoms with Crippen LogP contribution in [0.1, 0.15) is 26.3 Å². The summed E-state index contributed by atoms with van der Waals surface area (Å²) in [6.07, 6.45) is 3.95. The summed E-state index contributed by atoms with van der Waals surface area (Å²) >= 11 is 0. The number of carbonyl (C=O) groups is 1. The minimum Gasteiger partial charge on any atom is -0.325 e. The number of nitrogens with zero attached hydrogens (tertiary/aromatic N) is 2. The quantitative estimate of drug-likeness (QED) is 0.471. The molecule has 0 atom stereocenters. The Kier molecular flexibility index (Phi) is 7.51. The summed E-state index contributed by atoms with van der Waals surface area (Å²) in [6, 6.07) is 15.7. The highest BCUT2D eigenvalue weighted by molar-refractivity contribution is 7.92. The Bertz CT molecular complexity index is 1380. The monoisotopic (exact) mass is 516 g/mol. The van der Waals surface area contributed by atoms with E-state index in [-0.39, 0.29) is 10.3 Å². The number of hydrogen-bond donors (Lipinski definition) is 2. The number of rotatable bonds is 8. The van der Waals surface area contributed by atoms with Gasteiger partial charge in [0.1, 0.15) is 6.54 Å². The highest BCUT2D eigenvalue weighted by atomic mass is 32.2. The van der Waals surface area contributed by atoms with Crippen molar-refractivity contribution in [2.24, 2.45) is 0 Å². The van der Waals surface area contributed by atoms with Crippen LogP contribution in [0.15, 0.2) is 78.0 Å². The summed E-state index contributed by atoms with van der Waals surface area (Å²) in [5, 5.41) is 2.61. The molecule has 186 valence electrons. The number of nitrogens with one attached hydrogen (secondary N) is 2. The fourth-order valence-corrected chi connectivity index (χ4v) is 5.11. The first-order valence-corrected chi connectivity index (χ1v) is 14.0. The molecule has 1 amide bonds. The fourth-order valence-electron chi connectivity index (χ4n) is 3.21. The van der Waals surface area contributed by atoms with E-state index in [9.17, 15) is 21.6 Å². The van der Waals surface area contributed by atoms with E-state index in [0.29, 0.717) is 17.1 Å². The zero-order chi connectivity index (χ0) is 25.9. The molecule has 1 aromatic heterocycles. The van der Waals surface area contributed by atoms with Crippen LogP contribution in [0.5, 0.6) is 0 Å². The van der Waals surface area contributed by atoms with Crippen LogP contribution in [0.2, 0.25) is 0 Å². The minimum absolute atomic E-state index is 0.00365. The van der Waals surface area contributed by atoms with Crippen molar-refractivity contribution >= 4 is 43.0 Å². The lowest BCUT2D eigenvalue weighted by atomic mass is 9.87. The van der Waals surface area contributed by atoms with Gasteiger partial charge in [-0.05, 0) is 59.5 Å². The second kappa shape index (κ2) is 10.0. The molecule has 0 aliphatic heterocycles. The largest absolute Gasteiger partial charge is 0.325 e. The molecule has 1 heterocycles. The topological polar surface area (TPSA) is 126 Å². The van der Waals surface area contributed by atoms with E-state index in [1.54, 1.807) is 24.3 Å². The van der Waals surface area contributed by atoms with Crippen molar-refractivity contribution in [3.05, 3.63) is 78.6 Å². The summed E-state index contributed by atoms with van der Waals surface area (Å²) in [5.74, 6) is -0.570. The first-order valence-electron chi connectivity index (χ1n) is 10.7. The van der Waals surface area contributed by atoms with Crippen LogP contribution in [0, 0.1) is 0 Å². The molecule has 3 rings (SSSR count). The normalized spacial score (nSPS) is 12.1. The van der Waals surface area contributed by atoms with Gasteiger partial charge in [0.2, 0.25) is 15.9 Å². The first kappa shape index (κ1) is 26.2. The van der Waals surface area contributed by atoms with Crippen LogP contribution in [0.25, 0.3) is 0 Å². The zero-order valence-corrected chi connectivity index (χ0v) is 21.5. The van der Waals surface area contributed by atoms with Crippen LogP contribution >= 0.6 is 0 Å². The molecule has 0 fully saturated rings. The minimum atomic E-state index is -3.84. The molecule has 11 heteroatoms. The predicted molar refractivity (Wildman–Crippen MR) is 137 cm³/mol. The average Bonchev–Trinajstić information content (AvgIpc) is 2.77. The smallest absolute Gasteiger partial charge is 0.261 e. The number of amides is 1. The molecule has 2 N–H and O–H groups in total. The molecule has 3 aromatic rings. The molecule has 9 nitrogen and oxygen atoms in total. The SMILES string of the molecule is CC(C)(C)c1ccc(N(CC(=O)Nc2ccc(S(=O)(=O)Nc3cccnc3)cc2)S(C)(=O)=O)cc1. The van der Waals surface area contributed by atoms with Gasteiger partial charge in [0, 0.05) is 11.9 Å². The summed E-state index contributed by atoms with van der Waals surface area (Å²) in [5.41, 5.74) is 1.96. The van der Waals surface area contributed by atoms with Gasteiger partial charge in [-0.3, -0.25) is 18.8 Å². The van der Waals surface area contributed by atoms with Crippen molar-refractivity contribution in [2.75, 3.05) is 27.1 Å². The number of anilines is 3. The highest BCUT2D eigenvalue weighted by Gasteiger charge is 2.22. The highest BCUT2D eigenvalue weighted by Crippen LogP contribution is 2.26. The zero-order valence-electron chi connectivity index (χ0n) is 19.9. The summed E-state index contributed by atoms with van der Waals surface area (Å²) in [7, 11) is -7.57. The summed E-state index contributed by atoms with van der Waals surface area (Å²) < 4.78 is 53.3. The number of hydrogen-bond acceptors (Lipinski definition) is 6. The Morgan fingerprint density at radius 1 is 0.914 bits per heavy atom. The standard InChI is InChI=1S/C24H28N4O5S2/c1-24(2,3)18-7-11-21(12-8-18)28(34(4,30)31)17-23(29)26-19-9-13-22(14-10-19)35(32,33)27-20-6-5-15-25-16-20/h5-16,27H,17H2,1-4H3,(H,26,29). The third-order valence-electron chi connectivity index (χ3n) is 5.07. The predicted octanol–water partition coefficient (Wildman–Crippen LogP) is 3.58. The van der Waals surface area contributed by atoms with Gasteiger partial charge < -0.3 is 5.32 Å². The van der Waals surface area contributed by atoms with E-state index in [2.05, 4.69) is 35.8 Å². The van der Waals surface area contributed by atoms with Gasteiger partial charge in [-0.1, -0.05) is 32.9 Å². The van der Waals surface area contributed by atoms with Crippen molar-refractivity contribution in [3.8, 4) is 0 Å². The molecular weight excluding hydrogens is 488 g/mol. The van der Waals surface area contributed by atoms with E-state index in [1.807, 2.05) is 12.1 Å². The third kappa shape index (κ3) is 7.03. The molecule has 0 bridgehead atoms. The third-order valence-corrected chi connectivity index (χ3v) is 7.61. The number of benzene rings is 2. The van der Waals surface area contributed by atoms with Gasteiger partial charge in [-0.15, -0.1) is 0 Å². The molecule has 35 heavy (non-hydrogen) atoms. The summed E-state index contributed by atoms with van der Waals surface area (Å²) in [4.78, 5) is 16.5. The number of aromatic nitrogens is 1. The molecule has 0 aliphatic carbocycles. The lowest BCUT2D eigenvalue weighted by Crippen LogP contribution is -2.37. The molecule has 0 unspecified atom stereocenters. The molecular formula is C24H28N4O5S2. The second-order valence-corrected chi connectivity index (χ2v) is 12.6. The Balaban J connectivity index is 1.71. The molecule has 0 saturated heterocycles. The number of carbonyl (C=O) groups excluding carboxylic acids is 1. The van der Waals surface area contributed by atoms with Gasteiger partial charge in [0.05, 0.1) is 28.7 Å². The van der Waals surface area contributed by atoms with Crippen molar-refractivity contribution in [1.82, 2.24) is 4.98 Å². The van der Waals surface area contributed by atoms with Crippen LogP contribution in [-0.2, 0) is 30.3 Å². The summed E-state index contributed by atoms with van der Waals surface area (Å²) in [6.45, 7) is 5.72. The van der Waals surface area contributed by atoms with Gasteiger partial charge >= 0.3 is 0 Å². The van der Waals surface area contributed by atoms with Crippen molar-refractivity contribution < 1.29 is 21.6 Å².